The molecule has 0 aliphatic carbocycles. The summed E-state index contributed by atoms with van der Waals surface area (Å²) in [6.45, 7) is 4.31. The lowest BCUT2D eigenvalue weighted by molar-refractivity contribution is -0.139. The second kappa shape index (κ2) is 7.01. The Hall–Kier alpha value is -2.40. The predicted octanol–water partition coefficient (Wildman–Crippen LogP) is 4.91. The van der Waals surface area contributed by atoms with Crippen molar-refractivity contribution in [3.05, 3.63) is 53.0 Å². The molecular formula is C19H19NO3S. The molecule has 0 fully saturated rings. The molecule has 4 nitrogen and oxygen atoms in total. The summed E-state index contributed by atoms with van der Waals surface area (Å²) in [5.41, 5.74) is 2.76. The van der Waals surface area contributed by atoms with Gasteiger partial charge in [-0.15, -0.1) is 11.3 Å². The fraction of sp³-hybridized carbons (Fsp3) is 0.263. The fourth-order valence-corrected chi connectivity index (χ4v) is 3.14. The molecule has 0 atom stereocenters. The van der Waals surface area contributed by atoms with E-state index in [1.807, 2.05) is 29.6 Å². The Morgan fingerprint density at radius 1 is 1.25 bits per heavy atom. The predicted molar refractivity (Wildman–Crippen MR) is 95.1 cm³/mol. The van der Waals surface area contributed by atoms with E-state index in [9.17, 15) is 4.79 Å². The number of methoxy groups -OCH3 is 1. The number of esters is 1. The maximum absolute atomic E-state index is 11.7. The Labute approximate surface area is 145 Å². The van der Waals surface area contributed by atoms with Gasteiger partial charge in [0, 0.05) is 5.56 Å². The molecule has 1 aromatic carbocycles. The van der Waals surface area contributed by atoms with Crippen LogP contribution in [-0.4, -0.2) is 18.1 Å². The van der Waals surface area contributed by atoms with Crippen LogP contribution in [0.2, 0.25) is 0 Å². The van der Waals surface area contributed by atoms with E-state index in [-0.39, 0.29) is 12.4 Å². The summed E-state index contributed by atoms with van der Waals surface area (Å²) in [4.78, 5) is 17.2. The first-order chi connectivity index (χ1) is 11.6. The van der Waals surface area contributed by atoms with Crippen molar-refractivity contribution < 1.29 is 13.9 Å². The van der Waals surface area contributed by atoms with Crippen molar-refractivity contribution in [1.82, 2.24) is 4.98 Å². The first-order valence-corrected chi connectivity index (χ1v) is 8.67. The lowest BCUT2D eigenvalue weighted by Gasteiger charge is -2.04. The van der Waals surface area contributed by atoms with Crippen molar-refractivity contribution in [2.45, 2.75) is 26.2 Å². The molecule has 0 bridgehead atoms. The third kappa shape index (κ3) is 3.41. The van der Waals surface area contributed by atoms with Crippen molar-refractivity contribution in [2.75, 3.05) is 7.11 Å². The SMILES string of the molecule is COC(=O)Cc1nc(-c2ccc(C(C)C)cc2)oc1-c1cccs1. The van der Waals surface area contributed by atoms with Gasteiger partial charge < -0.3 is 9.15 Å². The number of oxazole rings is 1. The van der Waals surface area contributed by atoms with Crippen molar-refractivity contribution in [3.63, 3.8) is 0 Å². The largest absolute Gasteiger partial charge is 0.469 e. The van der Waals surface area contributed by atoms with Crippen LogP contribution >= 0.6 is 11.3 Å². The summed E-state index contributed by atoms with van der Waals surface area (Å²) in [7, 11) is 1.37. The van der Waals surface area contributed by atoms with E-state index in [2.05, 4.69) is 31.0 Å². The fourth-order valence-electron chi connectivity index (χ4n) is 2.41. The van der Waals surface area contributed by atoms with E-state index in [0.29, 0.717) is 23.3 Å². The Bertz CT molecular complexity index is 817. The average molecular weight is 341 g/mol. The van der Waals surface area contributed by atoms with Gasteiger partial charge >= 0.3 is 5.97 Å². The zero-order chi connectivity index (χ0) is 17.1. The Kier molecular flexibility index (Phi) is 4.81. The highest BCUT2D eigenvalue weighted by molar-refractivity contribution is 7.13. The highest BCUT2D eigenvalue weighted by Gasteiger charge is 2.20. The molecule has 124 valence electrons. The molecule has 0 amide bonds. The van der Waals surface area contributed by atoms with Crippen LogP contribution in [0.5, 0.6) is 0 Å². The number of carbonyl (C=O) groups is 1. The lowest BCUT2D eigenvalue weighted by Crippen LogP contribution is -2.05. The molecule has 0 unspecified atom stereocenters. The Morgan fingerprint density at radius 3 is 2.58 bits per heavy atom. The minimum atomic E-state index is -0.331. The molecule has 0 spiro atoms. The number of aromatic nitrogens is 1. The molecular weight excluding hydrogens is 322 g/mol. The lowest BCUT2D eigenvalue weighted by atomic mass is 10.0. The summed E-state index contributed by atoms with van der Waals surface area (Å²) in [5.74, 6) is 1.30. The van der Waals surface area contributed by atoms with Crippen LogP contribution in [0.25, 0.3) is 22.1 Å². The normalized spacial score (nSPS) is 11.0. The summed E-state index contributed by atoms with van der Waals surface area (Å²) < 4.78 is 10.7. The van der Waals surface area contributed by atoms with E-state index in [0.717, 1.165) is 10.4 Å². The van der Waals surface area contributed by atoms with Crippen LogP contribution in [0.3, 0.4) is 0 Å². The van der Waals surface area contributed by atoms with Crippen molar-refractivity contribution in [2.24, 2.45) is 0 Å². The van der Waals surface area contributed by atoms with E-state index < -0.39 is 0 Å². The van der Waals surface area contributed by atoms with E-state index in [1.54, 1.807) is 11.3 Å². The Morgan fingerprint density at radius 2 is 2.00 bits per heavy atom. The number of rotatable bonds is 5. The molecule has 2 aromatic heterocycles. The van der Waals surface area contributed by atoms with Gasteiger partial charge in [0.25, 0.3) is 0 Å². The van der Waals surface area contributed by atoms with Gasteiger partial charge in [-0.05, 0) is 35.1 Å². The van der Waals surface area contributed by atoms with Crippen LogP contribution < -0.4 is 0 Å². The number of hydrogen-bond donors (Lipinski definition) is 0. The van der Waals surface area contributed by atoms with Crippen LogP contribution in [-0.2, 0) is 16.0 Å². The van der Waals surface area contributed by atoms with E-state index in [1.165, 1.54) is 12.7 Å². The molecule has 0 saturated heterocycles. The van der Waals surface area contributed by atoms with Gasteiger partial charge in [-0.2, -0.15) is 0 Å². The van der Waals surface area contributed by atoms with Crippen molar-refractivity contribution in [3.8, 4) is 22.1 Å². The molecule has 24 heavy (non-hydrogen) atoms. The number of hydrogen-bond acceptors (Lipinski definition) is 5. The number of thiophene rings is 1. The van der Waals surface area contributed by atoms with Crippen LogP contribution in [0.15, 0.2) is 46.2 Å². The van der Waals surface area contributed by atoms with Gasteiger partial charge in [0.1, 0.15) is 0 Å². The van der Waals surface area contributed by atoms with Crippen LogP contribution in [0.4, 0.5) is 0 Å². The molecule has 0 saturated carbocycles. The van der Waals surface area contributed by atoms with Gasteiger partial charge in [0.2, 0.25) is 5.89 Å². The van der Waals surface area contributed by atoms with Gasteiger partial charge in [-0.3, -0.25) is 4.79 Å². The number of carbonyl (C=O) groups excluding carboxylic acids is 1. The maximum Gasteiger partial charge on any atom is 0.311 e. The average Bonchev–Trinajstić information content (AvgIpc) is 3.24. The molecule has 0 radical (unpaired) electrons. The zero-order valence-electron chi connectivity index (χ0n) is 13.9. The molecule has 2 heterocycles. The first kappa shape index (κ1) is 16.5. The molecule has 3 rings (SSSR count). The highest BCUT2D eigenvalue weighted by atomic mass is 32.1. The number of ether oxygens (including phenoxy) is 1. The van der Waals surface area contributed by atoms with E-state index in [4.69, 9.17) is 9.15 Å². The third-order valence-electron chi connectivity index (χ3n) is 3.81. The standard InChI is InChI=1S/C19H19NO3S/c1-12(2)13-6-8-14(9-7-13)19-20-15(11-17(21)22-3)18(23-19)16-5-4-10-24-16/h4-10,12H,11H2,1-3H3. The van der Waals surface area contributed by atoms with Crippen LogP contribution in [0.1, 0.15) is 31.0 Å². The summed E-state index contributed by atoms with van der Waals surface area (Å²) in [5, 5.41) is 1.97. The molecule has 0 aliphatic heterocycles. The smallest absolute Gasteiger partial charge is 0.311 e. The number of benzene rings is 1. The van der Waals surface area contributed by atoms with Crippen LogP contribution in [0, 0.1) is 0 Å². The summed E-state index contributed by atoms with van der Waals surface area (Å²) in [6.07, 6.45) is 0.0946. The molecule has 0 N–H and O–H groups in total. The van der Waals surface area contributed by atoms with Crippen molar-refractivity contribution >= 4 is 17.3 Å². The number of nitrogens with zero attached hydrogens (tertiary/aromatic N) is 1. The van der Waals surface area contributed by atoms with E-state index >= 15 is 0 Å². The quantitative estimate of drug-likeness (QED) is 0.619. The second-order valence-corrected chi connectivity index (χ2v) is 6.75. The van der Waals surface area contributed by atoms with Crippen molar-refractivity contribution in [1.29, 1.82) is 0 Å². The monoisotopic (exact) mass is 341 g/mol. The molecule has 3 aromatic rings. The second-order valence-electron chi connectivity index (χ2n) is 5.80. The summed E-state index contributed by atoms with van der Waals surface area (Å²) in [6, 6.07) is 12.1. The third-order valence-corrected chi connectivity index (χ3v) is 4.67. The molecule has 0 aliphatic rings. The summed E-state index contributed by atoms with van der Waals surface area (Å²) >= 11 is 1.55. The van der Waals surface area contributed by atoms with Gasteiger partial charge in [0.05, 0.1) is 24.1 Å². The minimum absolute atomic E-state index is 0.0946. The highest BCUT2D eigenvalue weighted by Crippen LogP contribution is 2.33. The van der Waals surface area contributed by atoms with Gasteiger partial charge in [0.15, 0.2) is 5.76 Å². The zero-order valence-corrected chi connectivity index (χ0v) is 14.7. The Balaban J connectivity index is 1.99. The van der Waals surface area contributed by atoms with Gasteiger partial charge in [-0.25, -0.2) is 4.98 Å². The topological polar surface area (TPSA) is 52.3 Å². The maximum atomic E-state index is 11.7. The first-order valence-electron chi connectivity index (χ1n) is 7.79. The molecule has 5 heteroatoms. The minimum Gasteiger partial charge on any atom is -0.469 e. The van der Waals surface area contributed by atoms with Gasteiger partial charge in [-0.1, -0.05) is 32.0 Å².